The number of hydrogen-bond donors (Lipinski definition) is 1. The van der Waals surface area contributed by atoms with Crippen molar-refractivity contribution in [3.8, 4) is 0 Å². The third-order valence-corrected chi connectivity index (χ3v) is 3.60. The summed E-state index contributed by atoms with van der Waals surface area (Å²) in [5.74, 6) is -0.367. The summed E-state index contributed by atoms with van der Waals surface area (Å²) in [5, 5.41) is 9.95. The summed E-state index contributed by atoms with van der Waals surface area (Å²) in [5.41, 5.74) is 3.09. The van der Waals surface area contributed by atoms with Gasteiger partial charge in [0.15, 0.2) is 0 Å². The van der Waals surface area contributed by atoms with Crippen LogP contribution in [0.5, 0.6) is 0 Å². The number of halogens is 2. The summed E-state index contributed by atoms with van der Waals surface area (Å²) in [6, 6.07) is 12.4. The number of rotatable bonds is 4. The smallest absolute Gasteiger partial charge is 0.124 e. The minimum Gasteiger partial charge on any atom is -0.396 e. The van der Waals surface area contributed by atoms with Gasteiger partial charge in [-0.3, -0.25) is 0 Å². The molecule has 0 amide bonds. The maximum atomic E-state index is 13.0. The van der Waals surface area contributed by atoms with Crippen molar-refractivity contribution >= 4 is 11.6 Å². The Hall–Kier alpha value is -1.38. The van der Waals surface area contributed by atoms with Gasteiger partial charge in [0.2, 0.25) is 0 Å². The van der Waals surface area contributed by atoms with Crippen LogP contribution in [-0.2, 0) is 6.42 Å². The zero-order valence-corrected chi connectivity index (χ0v) is 11.5. The van der Waals surface area contributed by atoms with Crippen LogP contribution in [0.4, 0.5) is 4.39 Å². The van der Waals surface area contributed by atoms with E-state index in [0.717, 1.165) is 11.1 Å². The summed E-state index contributed by atoms with van der Waals surface area (Å²) < 4.78 is 13.0. The largest absolute Gasteiger partial charge is 0.396 e. The maximum Gasteiger partial charge on any atom is 0.124 e. The van der Waals surface area contributed by atoms with Crippen molar-refractivity contribution < 1.29 is 9.50 Å². The van der Waals surface area contributed by atoms with Crippen molar-refractivity contribution in [2.24, 2.45) is 0 Å². The fourth-order valence-corrected chi connectivity index (χ4v) is 2.32. The van der Waals surface area contributed by atoms with E-state index in [-0.39, 0.29) is 18.3 Å². The predicted octanol–water partition coefficient (Wildman–Crippen LogP) is 4.11. The molecule has 2 aromatic carbocycles. The Kier molecular flexibility index (Phi) is 4.56. The molecule has 1 unspecified atom stereocenters. The van der Waals surface area contributed by atoms with Gasteiger partial charge in [0.05, 0.1) is 6.61 Å². The lowest BCUT2D eigenvalue weighted by Gasteiger charge is -2.16. The SMILES string of the molecule is Cc1ccc(C(CO)Cc2ccc(F)cc2Cl)cc1. The van der Waals surface area contributed by atoms with Crippen LogP contribution in [-0.4, -0.2) is 11.7 Å². The molecule has 3 heteroatoms. The molecule has 0 saturated heterocycles. The highest BCUT2D eigenvalue weighted by molar-refractivity contribution is 6.31. The van der Waals surface area contributed by atoms with Crippen molar-refractivity contribution in [1.82, 2.24) is 0 Å². The van der Waals surface area contributed by atoms with E-state index in [0.29, 0.717) is 11.4 Å². The molecule has 2 aromatic rings. The van der Waals surface area contributed by atoms with Gasteiger partial charge in [-0.15, -0.1) is 0 Å². The van der Waals surface area contributed by atoms with E-state index < -0.39 is 0 Å². The van der Waals surface area contributed by atoms with Crippen LogP contribution in [0, 0.1) is 12.7 Å². The van der Waals surface area contributed by atoms with Crippen molar-refractivity contribution in [2.75, 3.05) is 6.61 Å². The second-order valence-electron chi connectivity index (χ2n) is 4.73. The number of aliphatic hydroxyl groups is 1. The summed E-state index contributed by atoms with van der Waals surface area (Å²) >= 11 is 6.02. The molecule has 1 nitrogen and oxygen atoms in total. The van der Waals surface area contributed by atoms with Crippen LogP contribution in [0.15, 0.2) is 42.5 Å². The Morgan fingerprint density at radius 1 is 1.16 bits per heavy atom. The second-order valence-corrected chi connectivity index (χ2v) is 5.14. The summed E-state index contributed by atoms with van der Waals surface area (Å²) in [6.07, 6.45) is 0.596. The highest BCUT2D eigenvalue weighted by Crippen LogP contribution is 2.25. The third-order valence-electron chi connectivity index (χ3n) is 3.25. The average Bonchev–Trinajstić information content (AvgIpc) is 2.39. The van der Waals surface area contributed by atoms with Gasteiger partial charge in [0, 0.05) is 10.9 Å². The van der Waals surface area contributed by atoms with E-state index in [4.69, 9.17) is 11.6 Å². The van der Waals surface area contributed by atoms with Gasteiger partial charge in [-0.2, -0.15) is 0 Å². The van der Waals surface area contributed by atoms with Gasteiger partial charge in [-0.1, -0.05) is 47.5 Å². The summed E-state index contributed by atoms with van der Waals surface area (Å²) in [6.45, 7) is 2.06. The van der Waals surface area contributed by atoms with Crippen LogP contribution in [0.2, 0.25) is 5.02 Å². The van der Waals surface area contributed by atoms with Gasteiger partial charge >= 0.3 is 0 Å². The highest BCUT2D eigenvalue weighted by Gasteiger charge is 2.13. The van der Waals surface area contributed by atoms with Crippen LogP contribution in [0.3, 0.4) is 0 Å². The van der Waals surface area contributed by atoms with E-state index in [1.165, 1.54) is 17.7 Å². The highest BCUT2D eigenvalue weighted by atomic mass is 35.5. The standard InChI is InChI=1S/C16H16ClFO/c1-11-2-4-12(5-3-11)14(10-19)8-13-6-7-15(18)9-16(13)17/h2-7,9,14,19H,8,10H2,1H3. The zero-order chi connectivity index (χ0) is 13.8. The molecule has 0 spiro atoms. The number of aliphatic hydroxyl groups excluding tert-OH is 1. The normalized spacial score (nSPS) is 12.4. The van der Waals surface area contributed by atoms with Gasteiger partial charge in [0.1, 0.15) is 5.82 Å². The van der Waals surface area contributed by atoms with Crippen molar-refractivity contribution in [1.29, 1.82) is 0 Å². The Bertz CT molecular complexity index is 551. The Balaban J connectivity index is 2.21. The third kappa shape index (κ3) is 3.55. The Labute approximate surface area is 117 Å². The molecule has 19 heavy (non-hydrogen) atoms. The first kappa shape index (κ1) is 14.0. The quantitative estimate of drug-likeness (QED) is 0.892. The van der Waals surface area contributed by atoms with Crippen LogP contribution in [0.25, 0.3) is 0 Å². The molecule has 0 aromatic heterocycles. The van der Waals surface area contributed by atoms with Gasteiger partial charge in [-0.05, 0) is 36.6 Å². The lowest BCUT2D eigenvalue weighted by atomic mass is 9.92. The lowest BCUT2D eigenvalue weighted by Crippen LogP contribution is -2.08. The first-order valence-electron chi connectivity index (χ1n) is 6.21. The van der Waals surface area contributed by atoms with Crippen LogP contribution in [0.1, 0.15) is 22.6 Å². The molecule has 1 N–H and O–H groups in total. The molecule has 0 aliphatic rings. The van der Waals surface area contributed by atoms with Crippen molar-refractivity contribution in [3.05, 3.63) is 70.0 Å². The molecular formula is C16H16ClFO. The maximum absolute atomic E-state index is 13.0. The molecule has 0 fully saturated rings. The molecule has 0 bridgehead atoms. The van der Waals surface area contributed by atoms with Crippen LogP contribution >= 0.6 is 11.6 Å². The Morgan fingerprint density at radius 2 is 1.84 bits per heavy atom. The first-order valence-corrected chi connectivity index (χ1v) is 6.59. The molecule has 0 aliphatic carbocycles. The zero-order valence-electron chi connectivity index (χ0n) is 10.7. The van der Waals surface area contributed by atoms with E-state index in [1.54, 1.807) is 6.07 Å². The molecule has 0 heterocycles. The minimum atomic E-state index is -0.343. The van der Waals surface area contributed by atoms with Crippen molar-refractivity contribution in [2.45, 2.75) is 19.3 Å². The monoisotopic (exact) mass is 278 g/mol. The molecule has 1 atom stereocenters. The Morgan fingerprint density at radius 3 is 2.42 bits per heavy atom. The topological polar surface area (TPSA) is 20.2 Å². The molecule has 0 aliphatic heterocycles. The van der Waals surface area contributed by atoms with Crippen LogP contribution < -0.4 is 0 Å². The fourth-order valence-electron chi connectivity index (χ4n) is 2.08. The second kappa shape index (κ2) is 6.18. The first-order chi connectivity index (χ1) is 9.10. The summed E-state index contributed by atoms with van der Waals surface area (Å²) in [4.78, 5) is 0. The van der Waals surface area contributed by atoms with Gasteiger partial charge < -0.3 is 5.11 Å². The minimum absolute atomic E-state index is 0.0245. The van der Waals surface area contributed by atoms with E-state index >= 15 is 0 Å². The molecular weight excluding hydrogens is 263 g/mol. The molecule has 100 valence electrons. The lowest BCUT2D eigenvalue weighted by molar-refractivity contribution is 0.264. The number of benzene rings is 2. The average molecular weight is 279 g/mol. The molecule has 2 rings (SSSR count). The van der Waals surface area contributed by atoms with E-state index in [1.807, 2.05) is 31.2 Å². The van der Waals surface area contributed by atoms with E-state index in [9.17, 15) is 9.50 Å². The molecule has 0 saturated carbocycles. The summed E-state index contributed by atoms with van der Waals surface area (Å²) in [7, 11) is 0. The predicted molar refractivity (Wildman–Crippen MR) is 76.1 cm³/mol. The van der Waals surface area contributed by atoms with Crippen molar-refractivity contribution in [3.63, 3.8) is 0 Å². The number of aryl methyl sites for hydroxylation is 1. The fraction of sp³-hybridized carbons (Fsp3) is 0.250. The number of hydrogen-bond acceptors (Lipinski definition) is 1. The molecule has 0 radical (unpaired) electrons. The van der Waals surface area contributed by atoms with E-state index in [2.05, 4.69) is 0 Å². The van der Waals surface area contributed by atoms with Gasteiger partial charge in [-0.25, -0.2) is 4.39 Å². The van der Waals surface area contributed by atoms with Gasteiger partial charge in [0.25, 0.3) is 0 Å².